The van der Waals surface area contributed by atoms with Crippen molar-refractivity contribution in [3.63, 3.8) is 0 Å². The summed E-state index contributed by atoms with van der Waals surface area (Å²) in [5.74, 6) is 0.0814. The molecular weight excluding hydrogens is 409 g/mol. The van der Waals surface area contributed by atoms with Gasteiger partial charge in [0.1, 0.15) is 0 Å². The van der Waals surface area contributed by atoms with Crippen molar-refractivity contribution >= 4 is 40.1 Å². The van der Waals surface area contributed by atoms with Gasteiger partial charge in [0.25, 0.3) is 5.91 Å². The fraction of sp³-hybridized carbons (Fsp3) is 0.278. The molecule has 0 N–H and O–H groups in total. The highest BCUT2D eigenvalue weighted by Gasteiger charge is 2.46. The SMILES string of the molecule is CN1C(=O)c2ccccc2[C@@](C)(CI)[C@H]1c1ccc(Cl)cc1. The maximum Gasteiger partial charge on any atom is 0.254 e. The minimum atomic E-state index is -0.131. The molecule has 22 heavy (non-hydrogen) atoms. The number of hydrogen-bond donors (Lipinski definition) is 0. The molecule has 0 spiro atoms. The van der Waals surface area contributed by atoms with E-state index in [2.05, 4.69) is 35.6 Å². The van der Waals surface area contributed by atoms with Crippen molar-refractivity contribution in [2.45, 2.75) is 18.4 Å². The Morgan fingerprint density at radius 3 is 2.45 bits per heavy atom. The summed E-state index contributed by atoms with van der Waals surface area (Å²) in [4.78, 5) is 14.6. The average molecular weight is 426 g/mol. The van der Waals surface area contributed by atoms with Crippen LogP contribution in [0.1, 0.15) is 34.5 Å². The van der Waals surface area contributed by atoms with E-state index < -0.39 is 0 Å². The van der Waals surface area contributed by atoms with Gasteiger partial charge in [-0.15, -0.1) is 0 Å². The first-order valence-electron chi connectivity index (χ1n) is 7.17. The molecule has 0 unspecified atom stereocenters. The van der Waals surface area contributed by atoms with Gasteiger partial charge >= 0.3 is 0 Å². The van der Waals surface area contributed by atoms with Gasteiger partial charge in [-0.2, -0.15) is 0 Å². The molecule has 0 aromatic heterocycles. The average Bonchev–Trinajstić information content (AvgIpc) is 2.55. The summed E-state index contributed by atoms with van der Waals surface area (Å²) >= 11 is 8.44. The number of likely N-dealkylation sites (N-methyl/N-ethyl adjacent to an activating group) is 1. The fourth-order valence-electron chi connectivity index (χ4n) is 3.43. The monoisotopic (exact) mass is 425 g/mol. The Morgan fingerprint density at radius 1 is 1.18 bits per heavy atom. The molecule has 0 bridgehead atoms. The number of carbonyl (C=O) groups is 1. The molecule has 0 radical (unpaired) electrons. The second kappa shape index (κ2) is 5.85. The highest BCUT2D eigenvalue weighted by atomic mass is 127. The van der Waals surface area contributed by atoms with Crippen LogP contribution >= 0.6 is 34.2 Å². The van der Waals surface area contributed by atoms with E-state index in [4.69, 9.17) is 11.6 Å². The first-order chi connectivity index (χ1) is 10.5. The minimum Gasteiger partial charge on any atom is -0.334 e. The molecule has 1 heterocycles. The first kappa shape index (κ1) is 15.8. The van der Waals surface area contributed by atoms with E-state index in [0.29, 0.717) is 5.02 Å². The Bertz CT molecular complexity index is 715. The van der Waals surface area contributed by atoms with Crippen LogP contribution in [-0.4, -0.2) is 22.3 Å². The van der Waals surface area contributed by atoms with E-state index in [0.717, 1.165) is 21.1 Å². The van der Waals surface area contributed by atoms with Crippen molar-refractivity contribution in [1.82, 2.24) is 4.90 Å². The second-order valence-corrected chi connectivity index (χ2v) is 7.17. The van der Waals surface area contributed by atoms with E-state index in [1.807, 2.05) is 54.4 Å². The molecule has 3 rings (SSSR count). The summed E-state index contributed by atoms with van der Waals surface area (Å²) in [6.45, 7) is 2.24. The van der Waals surface area contributed by atoms with Gasteiger partial charge < -0.3 is 4.90 Å². The quantitative estimate of drug-likeness (QED) is 0.497. The van der Waals surface area contributed by atoms with Crippen LogP contribution in [0.2, 0.25) is 5.02 Å². The number of nitrogens with zero attached hydrogens (tertiary/aromatic N) is 1. The number of hydrogen-bond acceptors (Lipinski definition) is 1. The van der Waals surface area contributed by atoms with E-state index >= 15 is 0 Å². The molecule has 1 aliphatic rings. The molecule has 1 aliphatic heterocycles. The lowest BCUT2D eigenvalue weighted by Crippen LogP contribution is -2.49. The van der Waals surface area contributed by atoms with Gasteiger partial charge in [-0.25, -0.2) is 0 Å². The zero-order chi connectivity index (χ0) is 15.9. The minimum absolute atomic E-state index is 0.00377. The van der Waals surface area contributed by atoms with Gasteiger partial charge in [-0.3, -0.25) is 4.79 Å². The summed E-state index contributed by atoms with van der Waals surface area (Å²) in [5, 5.41) is 0.713. The van der Waals surface area contributed by atoms with Crippen molar-refractivity contribution in [2.24, 2.45) is 0 Å². The Hall–Kier alpha value is -1.07. The number of benzene rings is 2. The van der Waals surface area contributed by atoms with Crippen LogP contribution in [0.4, 0.5) is 0 Å². The Labute approximate surface area is 149 Å². The molecule has 2 aromatic carbocycles. The number of halogens is 2. The van der Waals surface area contributed by atoms with Crippen molar-refractivity contribution in [2.75, 3.05) is 11.5 Å². The largest absolute Gasteiger partial charge is 0.334 e. The van der Waals surface area contributed by atoms with Crippen LogP contribution in [0.15, 0.2) is 48.5 Å². The van der Waals surface area contributed by atoms with Crippen LogP contribution in [0, 0.1) is 0 Å². The smallest absolute Gasteiger partial charge is 0.254 e. The molecule has 4 heteroatoms. The summed E-state index contributed by atoms with van der Waals surface area (Å²) < 4.78 is 0.923. The highest BCUT2D eigenvalue weighted by Crippen LogP contribution is 2.47. The maximum atomic E-state index is 12.8. The molecule has 0 saturated carbocycles. The second-order valence-electron chi connectivity index (χ2n) is 5.97. The summed E-state index contributed by atoms with van der Waals surface area (Å²) in [7, 11) is 1.89. The van der Waals surface area contributed by atoms with Gasteiger partial charge in [-0.1, -0.05) is 71.4 Å². The first-order valence-corrected chi connectivity index (χ1v) is 9.07. The van der Waals surface area contributed by atoms with Gasteiger partial charge in [-0.05, 0) is 29.3 Å². The van der Waals surface area contributed by atoms with E-state index in [1.54, 1.807) is 0 Å². The number of amides is 1. The van der Waals surface area contributed by atoms with Crippen LogP contribution < -0.4 is 0 Å². The predicted octanol–water partition coefficient (Wildman–Crippen LogP) is 4.86. The molecule has 0 fully saturated rings. The van der Waals surface area contributed by atoms with Crippen LogP contribution in [-0.2, 0) is 5.41 Å². The third-order valence-electron chi connectivity index (χ3n) is 4.55. The van der Waals surface area contributed by atoms with E-state index in [9.17, 15) is 4.79 Å². The Balaban J connectivity index is 2.21. The van der Waals surface area contributed by atoms with Crippen LogP contribution in [0.5, 0.6) is 0 Å². The van der Waals surface area contributed by atoms with E-state index in [-0.39, 0.29) is 17.4 Å². The standard InChI is InChI=1S/C18H17ClINO/c1-18(11-20)15-6-4-3-5-14(15)17(22)21(2)16(18)12-7-9-13(19)10-8-12/h3-10,16H,11H2,1-2H3/t16-,18-/m1/s1. The molecule has 0 saturated heterocycles. The van der Waals surface area contributed by atoms with E-state index in [1.165, 1.54) is 0 Å². The lowest BCUT2D eigenvalue weighted by atomic mass is 9.70. The molecule has 2 atom stereocenters. The van der Waals surface area contributed by atoms with Crippen molar-refractivity contribution in [1.29, 1.82) is 0 Å². The molecule has 2 aromatic rings. The zero-order valence-corrected chi connectivity index (χ0v) is 15.4. The lowest BCUT2D eigenvalue weighted by Gasteiger charge is -2.47. The predicted molar refractivity (Wildman–Crippen MR) is 99.0 cm³/mol. The molecule has 0 aliphatic carbocycles. The zero-order valence-electron chi connectivity index (χ0n) is 12.5. The third-order valence-corrected chi connectivity index (χ3v) is 6.38. The summed E-state index contributed by atoms with van der Waals surface area (Å²) in [5.41, 5.74) is 2.93. The fourth-order valence-corrected chi connectivity index (χ4v) is 4.39. The van der Waals surface area contributed by atoms with Crippen LogP contribution in [0.3, 0.4) is 0 Å². The Morgan fingerprint density at radius 2 is 1.82 bits per heavy atom. The highest BCUT2D eigenvalue weighted by molar-refractivity contribution is 14.1. The van der Waals surface area contributed by atoms with Crippen molar-refractivity contribution in [3.8, 4) is 0 Å². The van der Waals surface area contributed by atoms with Crippen LogP contribution in [0.25, 0.3) is 0 Å². The topological polar surface area (TPSA) is 20.3 Å². The third kappa shape index (κ3) is 2.35. The lowest BCUT2D eigenvalue weighted by molar-refractivity contribution is 0.0615. The van der Waals surface area contributed by atoms with Crippen molar-refractivity contribution < 1.29 is 4.79 Å². The normalized spacial score (nSPS) is 24.3. The number of rotatable bonds is 2. The van der Waals surface area contributed by atoms with Gasteiger partial charge in [0.05, 0.1) is 6.04 Å². The van der Waals surface area contributed by atoms with Gasteiger partial charge in [0.2, 0.25) is 0 Å². The molecule has 2 nitrogen and oxygen atoms in total. The number of fused-ring (bicyclic) bond motifs is 1. The molecule has 114 valence electrons. The summed E-state index contributed by atoms with van der Waals surface area (Å²) in [6.07, 6.45) is 0. The molecule has 1 amide bonds. The van der Waals surface area contributed by atoms with Gasteiger partial charge in [0, 0.05) is 27.5 Å². The number of carbonyl (C=O) groups excluding carboxylic acids is 1. The Kier molecular flexibility index (Phi) is 4.21. The maximum absolute atomic E-state index is 12.8. The van der Waals surface area contributed by atoms with Gasteiger partial charge in [0.15, 0.2) is 0 Å². The molecular formula is C18H17ClINO. The number of alkyl halides is 1. The summed E-state index contributed by atoms with van der Waals surface area (Å²) in [6, 6.07) is 15.8. The van der Waals surface area contributed by atoms with Crippen molar-refractivity contribution in [3.05, 3.63) is 70.2 Å².